The molecule has 3 heterocycles. The van der Waals surface area contributed by atoms with Crippen molar-refractivity contribution < 1.29 is 4.79 Å². The van der Waals surface area contributed by atoms with Gasteiger partial charge in [0.15, 0.2) is 11.6 Å². The van der Waals surface area contributed by atoms with Crippen molar-refractivity contribution in [2.24, 2.45) is 7.05 Å². The normalized spacial score (nSPS) is 13.2. The van der Waals surface area contributed by atoms with E-state index in [0.29, 0.717) is 36.1 Å². The van der Waals surface area contributed by atoms with Gasteiger partial charge in [-0.1, -0.05) is 6.07 Å². The van der Waals surface area contributed by atoms with Crippen LogP contribution in [0.5, 0.6) is 0 Å². The number of benzene rings is 1. The van der Waals surface area contributed by atoms with Crippen LogP contribution in [0.1, 0.15) is 45.6 Å². The Kier molecular flexibility index (Phi) is 5.59. The highest BCUT2D eigenvalue weighted by Gasteiger charge is 2.26. The highest BCUT2D eigenvalue weighted by molar-refractivity contribution is 7.09. The van der Waals surface area contributed by atoms with Crippen molar-refractivity contribution in [3.05, 3.63) is 70.3 Å². The van der Waals surface area contributed by atoms with Gasteiger partial charge in [-0.05, 0) is 37.1 Å². The molecular formula is C22H22N8OS. The molecule has 1 aliphatic carbocycles. The molecule has 1 fully saturated rings. The summed E-state index contributed by atoms with van der Waals surface area (Å²) in [6.07, 6.45) is 5.61. The first-order chi connectivity index (χ1) is 15.7. The molecule has 4 aromatic rings. The molecule has 1 saturated carbocycles. The number of thiazole rings is 1. The number of amides is 1. The number of anilines is 1. The molecular weight excluding hydrogens is 424 g/mol. The van der Waals surface area contributed by atoms with E-state index in [1.165, 1.54) is 19.2 Å². The summed E-state index contributed by atoms with van der Waals surface area (Å²) in [5.41, 5.74) is 3.30. The van der Waals surface area contributed by atoms with Gasteiger partial charge in [-0.2, -0.15) is 0 Å². The summed E-state index contributed by atoms with van der Waals surface area (Å²) in [6, 6.07) is 9.19. The average molecular weight is 447 g/mol. The number of hydrogen-bond acceptors (Lipinski definition) is 8. The molecule has 0 spiro atoms. The average Bonchev–Trinajstić information content (AvgIpc) is 3.46. The third-order valence-corrected chi connectivity index (χ3v) is 6.18. The smallest absolute Gasteiger partial charge is 0.251 e. The number of hydrogen-bond donors (Lipinski definition) is 2. The summed E-state index contributed by atoms with van der Waals surface area (Å²) < 4.78 is 1.88. The minimum absolute atomic E-state index is 0.124. The van der Waals surface area contributed by atoms with E-state index in [1.54, 1.807) is 29.7 Å². The van der Waals surface area contributed by atoms with E-state index in [1.807, 2.05) is 29.8 Å². The monoisotopic (exact) mass is 446 g/mol. The van der Waals surface area contributed by atoms with Crippen molar-refractivity contribution in [2.75, 3.05) is 5.32 Å². The SMILES string of the molecule is Cn1c(CNc2cccc(C(=O)NCc3nc(C4CC4)cs3)c2)nnc1-c1ccncn1. The lowest BCUT2D eigenvalue weighted by Gasteiger charge is -2.09. The minimum Gasteiger partial charge on any atom is -0.378 e. The van der Waals surface area contributed by atoms with Crippen molar-refractivity contribution in [1.29, 1.82) is 0 Å². The summed E-state index contributed by atoms with van der Waals surface area (Å²) in [5.74, 6) is 1.93. The lowest BCUT2D eigenvalue weighted by Crippen LogP contribution is -2.22. The van der Waals surface area contributed by atoms with Gasteiger partial charge in [0.2, 0.25) is 0 Å². The molecule has 0 saturated heterocycles. The Bertz CT molecular complexity index is 1230. The van der Waals surface area contributed by atoms with Crippen LogP contribution in [0.25, 0.3) is 11.5 Å². The Hall–Kier alpha value is -3.66. The van der Waals surface area contributed by atoms with E-state index in [4.69, 9.17) is 0 Å². The molecule has 0 unspecified atom stereocenters. The zero-order valence-corrected chi connectivity index (χ0v) is 18.3. The first-order valence-corrected chi connectivity index (χ1v) is 11.3. The van der Waals surface area contributed by atoms with Crippen molar-refractivity contribution in [2.45, 2.75) is 31.8 Å². The predicted molar refractivity (Wildman–Crippen MR) is 121 cm³/mol. The van der Waals surface area contributed by atoms with E-state index in [0.717, 1.165) is 22.2 Å². The van der Waals surface area contributed by atoms with Crippen LogP contribution in [-0.4, -0.2) is 35.6 Å². The van der Waals surface area contributed by atoms with Crippen molar-refractivity contribution >= 4 is 22.9 Å². The fourth-order valence-corrected chi connectivity index (χ4v) is 4.16. The van der Waals surface area contributed by atoms with Crippen LogP contribution in [0.3, 0.4) is 0 Å². The van der Waals surface area contributed by atoms with Gasteiger partial charge in [-0.3, -0.25) is 4.79 Å². The molecule has 3 aromatic heterocycles. The fourth-order valence-electron chi connectivity index (χ4n) is 3.34. The van der Waals surface area contributed by atoms with Crippen LogP contribution < -0.4 is 10.6 Å². The second kappa shape index (κ2) is 8.83. The van der Waals surface area contributed by atoms with Crippen molar-refractivity contribution in [3.8, 4) is 11.5 Å². The van der Waals surface area contributed by atoms with Gasteiger partial charge < -0.3 is 15.2 Å². The third-order valence-electron chi connectivity index (χ3n) is 5.32. The molecule has 1 amide bonds. The number of rotatable bonds is 8. The highest BCUT2D eigenvalue weighted by Crippen LogP contribution is 2.40. The summed E-state index contributed by atoms with van der Waals surface area (Å²) in [7, 11) is 1.89. The van der Waals surface area contributed by atoms with Gasteiger partial charge in [0.05, 0.1) is 18.8 Å². The van der Waals surface area contributed by atoms with E-state index in [-0.39, 0.29) is 5.91 Å². The lowest BCUT2D eigenvalue weighted by atomic mass is 10.2. The number of nitrogens with zero attached hydrogens (tertiary/aromatic N) is 6. The number of aromatic nitrogens is 6. The standard InChI is InChI=1S/C22H22N8OS/c1-30-19(28-29-21(30)17-7-8-23-13-26-17)10-24-16-4-2-3-15(9-16)22(31)25-11-20-27-18(12-32-20)14-5-6-14/h2-4,7-9,12-14,24H,5-6,10-11H2,1H3,(H,25,31). The molecule has 162 valence electrons. The zero-order chi connectivity index (χ0) is 21.9. The van der Waals surface area contributed by atoms with E-state index in [2.05, 4.69) is 41.2 Å². The zero-order valence-electron chi connectivity index (χ0n) is 17.5. The maximum absolute atomic E-state index is 12.6. The number of nitrogens with one attached hydrogen (secondary N) is 2. The molecule has 10 heteroatoms. The fraction of sp³-hybridized carbons (Fsp3) is 0.273. The van der Waals surface area contributed by atoms with Gasteiger partial charge in [-0.25, -0.2) is 15.0 Å². The largest absolute Gasteiger partial charge is 0.378 e. The summed E-state index contributed by atoms with van der Waals surface area (Å²) in [6.45, 7) is 0.904. The Balaban J connectivity index is 1.19. The molecule has 1 aliphatic rings. The lowest BCUT2D eigenvalue weighted by molar-refractivity contribution is 0.0951. The summed E-state index contributed by atoms with van der Waals surface area (Å²) in [5, 5.41) is 17.8. The van der Waals surface area contributed by atoms with Crippen molar-refractivity contribution in [1.82, 2.24) is 35.0 Å². The van der Waals surface area contributed by atoms with Crippen LogP contribution in [-0.2, 0) is 20.1 Å². The number of carbonyl (C=O) groups excluding carboxylic acids is 1. The van der Waals surface area contributed by atoms with Gasteiger partial charge >= 0.3 is 0 Å². The number of carbonyl (C=O) groups is 1. The predicted octanol–water partition coefficient (Wildman–Crippen LogP) is 3.15. The van der Waals surface area contributed by atoms with E-state index < -0.39 is 0 Å². The van der Waals surface area contributed by atoms with Gasteiger partial charge in [0, 0.05) is 35.8 Å². The first kappa shape index (κ1) is 20.3. The van der Waals surface area contributed by atoms with Gasteiger partial charge in [0.25, 0.3) is 5.91 Å². The van der Waals surface area contributed by atoms with Gasteiger partial charge in [-0.15, -0.1) is 21.5 Å². The molecule has 0 aliphatic heterocycles. The Morgan fingerprint density at radius 1 is 1.22 bits per heavy atom. The topological polar surface area (TPSA) is 111 Å². The van der Waals surface area contributed by atoms with E-state index >= 15 is 0 Å². The minimum atomic E-state index is -0.124. The molecule has 5 rings (SSSR count). The molecule has 1 aromatic carbocycles. The van der Waals surface area contributed by atoms with E-state index in [9.17, 15) is 4.79 Å². The summed E-state index contributed by atoms with van der Waals surface area (Å²) >= 11 is 1.60. The second-order valence-electron chi connectivity index (χ2n) is 7.65. The molecule has 0 atom stereocenters. The molecule has 0 radical (unpaired) electrons. The molecule has 32 heavy (non-hydrogen) atoms. The maximum Gasteiger partial charge on any atom is 0.251 e. The Labute approximate surface area is 189 Å². The molecule has 2 N–H and O–H groups in total. The van der Waals surface area contributed by atoms with Crippen LogP contribution in [0, 0.1) is 0 Å². The van der Waals surface area contributed by atoms with Crippen LogP contribution >= 0.6 is 11.3 Å². The quantitative estimate of drug-likeness (QED) is 0.428. The summed E-state index contributed by atoms with van der Waals surface area (Å²) in [4.78, 5) is 25.4. The molecule has 9 nitrogen and oxygen atoms in total. The highest BCUT2D eigenvalue weighted by atomic mass is 32.1. The molecule has 0 bridgehead atoms. The Morgan fingerprint density at radius 2 is 2.12 bits per heavy atom. The first-order valence-electron chi connectivity index (χ1n) is 10.4. The van der Waals surface area contributed by atoms with Gasteiger partial charge in [0.1, 0.15) is 17.0 Å². The Morgan fingerprint density at radius 3 is 2.94 bits per heavy atom. The van der Waals surface area contributed by atoms with Crippen LogP contribution in [0.2, 0.25) is 0 Å². The van der Waals surface area contributed by atoms with Crippen molar-refractivity contribution in [3.63, 3.8) is 0 Å². The third kappa shape index (κ3) is 4.50. The van der Waals surface area contributed by atoms with Crippen LogP contribution in [0.4, 0.5) is 5.69 Å². The maximum atomic E-state index is 12.6. The second-order valence-corrected chi connectivity index (χ2v) is 8.59. The van der Waals surface area contributed by atoms with Crippen LogP contribution in [0.15, 0.2) is 48.2 Å².